The van der Waals surface area contributed by atoms with Crippen LogP contribution in [-0.2, 0) is 19.4 Å². The molecule has 0 bridgehead atoms. The topological polar surface area (TPSA) is 76.2 Å². The molecule has 1 aromatic heterocycles. The Morgan fingerprint density at radius 1 is 1.04 bits per heavy atom. The summed E-state index contributed by atoms with van der Waals surface area (Å²) >= 11 is 0. The Kier molecular flexibility index (Phi) is 6.54. The summed E-state index contributed by atoms with van der Waals surface area (Å²) in [6, 6.07) is 7.97. The SMILES string of the molecule is Cc1ccc(-c2c(CN)c(CC(C)C)nc(CC(C)C)c2C(=O)O)cc1. The summed E-state index contributed by atoms with van der Waals surface area (Å²) in [7, 11) is 0. The van der Waals surface area contributed by atoms with Crippen molar-refractivity contribution in [3.05, 3.63) is 52.3 Å². The van der Waals surface area contributed by atoms with Crippen molar-refractivity contribution in [3.8, 4) is 11.1 Å². The van der Waals surface area contributed by atoms with Gasteiger partial charge in [0.2, 0.25) is 0 Å². The average Bonchev–Trinajstić information content (AvgIpc) is 2.53. The number of carboxylic acids is 1. The minimum atomic E-state index is -0.936. The lowest BCUT2D eigenvalue weighted by atomic mass is 9.88. The third-order valence-corrected chi connectivity index (χ3v) is 4.42. The lowest BCUT2D eigenvalue weighted by Gasteiger charge is -2.21. The fraction of sp³-hybridized carbons (Fsp3) is 0.455. The first-order chi connectivity index (χ1) is 12.2. The highest BCUT2D eigenvalue weighted by Crippen LogP contribution is 2.33. The summed E-state index contributed by atoms with van der Waals surface area (Å²) in [5.74, 6) is -0.196. The van der Waals surface area contributed by atoms with Crippen LogP contribution in [0.1, 0.15) is 60.6 Å². The minimum Gasteiger partial charge on any atom is -0.478 e. The average molecular weight is 354 g/mol. The highest BCUT2D eigenvalue weighted by Gasteiger charge is 2.25. The number of aromatic nitrogens is 1. The third kappa shape index (κ3) is 4.50. The second-order valence-corrected chi connectivity index (χ2v) is 7.80. The standard InChI is InChI=1S/C22H30N2O2/c1-13(2)10-18-17(12-23)20(16-8-6-15(5)7-9-16)21(22(25)26)19(24-18)11-14(3)4/h6-9,13-14H,10-12,23H2,1-5H3,(H,25,26). The summed E-state index contributed by atoms with van der Waals surface area (Å²) < 4.78 is 0. The van der Waals surface area contributed by atoms with Gasteiger partial charge < -0.3 is 10.8 Å². The predicted molar refractivity (Wildman–Crippen MR) is 106 cm³/mol. The molecule has 0 aliphatic rings. The zero-order valence-corrected chi connectivity index (χ0v) is 16.5. The molecule has 140 valence electrons. The van der Waals surface area contributed by atoms with Crippen LogP contribution in [-0.4, -0.2) is 16.1 Å². The van der Waals surface area contributed by atoms with Crippen molar-refractivity contribution >= 4 is 5.97 Å². The number of hydrogen-bond acceptors (Lipinski definition) is 3. The summed E-state index contributed by atoms with van der Waals surface area (Å²) in [4.78, 5) is 17.0. The normalized spacial score (nSPS) is 11.4. The molecular formula is C22H30N2O2. The van der Waals surface area contributed by atoms with Gasteiger partial charge in [-0.2, -0.15) is 0 Å². The van der Waals surface area contributed by atoms with Gasteiger partial charge in [-0.25, -0.2) is 4.79 Å². The molecule has 0 spiro atoms. The molecule has 1 heterocycles. The lowest BCUT2D eigenvalue weighted by Crippen LogP contribution is -2.18. The van der Waals surface area contributed by atoms with E-state index in [0.29, 0.717) is 29.5 Å². The van der Waals surface area contributed by atoms with Crippen molar-refractivity contribution in [1.29, 1.82) is 0 Å². The van der Waals surface area contributed by atoms with E-state index in [9.17, 15) is 9.90 Å². The number of pyridine rings is 1. The van der Waals surface area contributed by atoms with Crippen LogP contribution in [0.4, 0.5) is 0 Å². The number of nitrogens with zero attached hydrogens (tertiary/aromatic N) is 1. The first-order valence-corrected chi connectivity index (χ1v) is 9.29. The smallest absolute Gasteiger partial charge is 0.338 e. The largest absolute Gasteiger partial charge is 0.478 e. The molecule has 2 rings (SSSR count). The van der Waals surface area contributed by atoms with Crippen molar-refractivity contribution in [2.24, 2.45) is 17.6 Å². The van der Waals surface area contributed by atoms with Gasteiger partial charge in [-0.3, -0.25) is 4.98 Å². The molecule has 0 fully saturated rings. The molecule has 0 aliphatic heterocycles. The monoisotopic (exact) mass is 354 g/mol. The minimum absolute atomic E-state index is 0.278. The molecule has 4 nitrogen and oxygen atoms in total. The van der Waals surface area contributed by atoms with Gasteiger partial charge in [0.15, 0.2) is 0 Å². The van der Waals surface area contributed by atoms with E-state index < -0.39 is 5.97 Å². The Morgan fingerprint density at radius 3 is 2.04 bits per heavy atom. The molecule has 1 aromatic carbocycles. The second-order valence-electron chi connectivity index (χ2n) is 7.80. The van der Waals surface area contributed by atoms with Crippen molar-refractivity contribution < 1.29 is 9.90 Å². The Hall–Kier alpha value is -2.20. The maximum Gasteiger partial charge on any atom is 0.338 e. The number of aromatic carboxylic acids is 1. The molecule has 0 saturated carbocycles. The number of carboxylic acid groups (broad SMARTS) is 1. The van der Waals surface area contributed by atoms with Crippen LogP contribution < -0.4 is 5.73 Å². The van der Waals surface area contributed by atoms with E-state index in [-0.39, 0.29) is 6.54 Å². The van der Waals surface area contributed by atoms with Crippen LogP contribution >= 0.6 is 0 Å². The highest BCUT2D eigenvalue weighted by molar-refractivity contribution is 5.98. The van der Waals surface area contributed by atoms with E-state index in [2.05, 4.69) is 27.7 Å². The van der Waals surface area contributed by atoms with E-state index in [1.165, 1.54) is 0 Å². The Labute approximate surface area is 156 Å². The zero-order valence-electron chi connectivity index (χ0n) is 16.5. The molecule has 0 aliphatic carbocycles. The Balaban J connectivity index is 2.85. The van der Waals surface area contributed by atoms with Crippen molar-refractivity contribution in [3.63, 3.8) is 0 Å². The van der Waals surface area contributed by atoms with Gasteiger partial charge in [-0.1, -0.05) is 57.5 Å². The quantitative estimate of drug-likeness (QED) is 0.761. The summed E-state index contributed by atoms with van der Waals surface area (Å²) in [6.07, 6.45) is 1.42. The summed E-state index contributed by atoms with van der Waals surface area (Å²) in [6.45, 7) is 10.7. The number of hydrogen-bond donors (Lipinski definition) is 2. The van der Waals surface area contributed by atoms with Crippen molar-refractivity contribution in [1.82, 2.24) is 4.98 Å². The molecule has 3 N–H and O–H groups in total. The molecule has 0 atom stereocenters. The van der Waals surface area contributed by atoms with E-state index in [1.54, 1.807) is 0 Å². The number of benzene rings is 1. The van der Waals surface area contributed by atoms with Gasteiger partial charge in [0.05, 0.1) is 11.3 Å². The molecule has 26 heavy (non-hydrogen) atoms. The van der Waals surface area contributed by atoms with Gasteiger partial charge in [-0.05, 0) is 42.7 Å². The Bertz CT molecular complexity index is 778. The molecule has 0 saturated heterocycles. The number of aryl methyl sites for hydroxylation is 1. The van der Waals surface area contributed by atoms with E-state index in [4.69, 9.17) is 10.7 Å². The van der Waals surface area contributed by atoms with Crippen LogP contribution in [0, 0.1) is 18.8 Å². The molecular weight excluding hydrogens is 324 g/mol. The molecule has 0 amide bonds. The fourth-order valence-corrected chi connectivity index (χ4v) is 3.30. The predicted octanol–water partition coefficient (Wildman–Crippen LogP) is 4.61. The van der Waals surface area contributed by atoms with Crippen LogP contribution in [0.2, 0.25) is 0 Å². The van der Waals surface area contributed by atoms with Crippen LogP contribution in [0.3, 0.4) is 0 Å². The molecule has 4 heteroatoms. The maximum absolute atomic E-state index is 12.2. The molecule has 0 radical (unpaired) electrons. The first kappa shape index (κ1) is 20.1. The van der Waals surface area contributed by atoms with Crippen LogP contribution in [0.5, 0.6) is 0 Å². The van der Waals surface area contributed by atoms with Gasteiger partial charge in [-0.15, -0.1) is 0 Å². The number of nitrogens with two attached hydrogens (primary N) is 1. The zero-order chi connectivity index (χ0) is 19.4. The van der Waals surface area contributed by atoms with Gasteiger partial charge in [0.1, 0.15) is 0 Å². The maximum atomic E-state index is 12.2. The van der Waals surface area contributed by atoms with E-state index in [0.717, 1.165) is 34.4 Å². The molecule has 2 aromatic rings. The van der Waals surface area contributed by atoms with Crippen molar-refractivity contribution in [2.75, 3.05) is 0 Å². The fourth-order valence-electron chi connectivity index (χ4n) is 3.30. The summed E-state index contributed by atoms with van der Waals surface area (Å²) in [5, 5.41) is 9.99. The van der Waals surface area contributed by atoms with E-state index >= 15 is 0 Å². The Morgan fingerprint density at radius 2 is 1.58 bits per heavy atom. The number of carbonyl (C=O) groups is 1. The first-order valence-electron chi connectivity index (χ1n) is 9.29. The molecule has 0 unspecified atom stereocenters. The van der Waals surface area contributed by atoms with Gasteiger partial charge in [0, 0.05) is 17.8 Å². The summed E-state index contributed by atoms with van der Waals surface area (Å²) in [5.41, 5.74) is 11.6. The third-order valence-electron chi connectivity index (χ3n) is 4.42. The van der Waals surface area contributed by atoms with Gasteiger partial charge >= 0.3 is 5.97 Å². The second kappa shape index (κ2) is 8.45. The van der Waals surface area contributed by atoms with Crippen LogP contribution in [0.15, 0.2) is 24.3 Å². The lowest BCUT2D eigenvalue weighted by molar-refractivity contribution is 0.0695. The highest BCUT2D eigenvalue weighted by atomic mass is 16.4. The van der Waals surface area contributed by atoms with Crippen molar-refractivity contribution in [2.45, 2.75) is 54.0 Å². The van der Waals surface area contributed by atoms with E-state index in [1.807, 2.05) is 31.2 Å². The van der Waals surface area contributed by atoms with Gasteiger partial charge in [0.25, 0.3) is 0 Å². The number of rotatable bonds is 7. The van der Waals surface area contributed by atoms with Crippen LogP contribution in [0.25, 0.3) is 11.1 Å².